The largest absolute Gasteiger partial charge is 0.418 e. The molecule has 7 heteroatoms. The van der Waals surface area contributed by atoms with Crippen molar-refractivity contribution in [3.63, 3.8) is 0 Å². The number of hydrogen-bond acceptors (Lipinski definition) is 2. The van der Waals surface area contributed by atoms with Crippen LogP contribution in [-0.4, -0.2) is 11.4 Å². The molecule has 0 atom stereocenters. The third kappa shape index (κ3) is 4.74. The predicted molar refractivity (Wildman–Crippen MR) is 70.7 cm³/mol. The highest BCUT2D eigenvalue weighted by Crippen LogP contribution is 2.37. The van der Waals surface area contributed by atoms with E-state index in [2.05, 4.69) is 21.2 Å². The van der Waals surface area contributed by atoms with Gasteiger partial charge in [-0.1, -0.05) is 15.9 Å². The van der Waals surface area contributed by atoms with E-state index in [0.717, 1.165) is 6.07 Å². The van der Waals surface area contributed by atoms with Crippen LogP contribution < -0.4 is 11.1 Å². The first-order chi connectivity index (χ1) is 8.51. The highest BCUT2D eigenvalue weighted by atomic mass is 79.9. The van der Waals surface area contributed by atoms with Gasteiger partial charge in [0.1, 0.15) is 0 Å². The molecule has 1 amide bonds. The first kappa shape index (κ1) is 15.8. The van der Waals surface area contributed by atoms with E-state index in [1.807, 2.05) is 0 Å². The van der Waals surface area contributed by atoms with Crippen LogP contribution in [-0.2, 0) is 11.0 Å². The molecule has 0 aromatic heterocycles. The van der Waals surface area contributed by atoms with Crippen molar-refractivity contribution in [1.29, 1.82) is 0 Å². The SMILES string of the molecule is CC(C)(CC(N)=O)Nc1cc(Br)ccc1C(F)(F)F. The lowest BCUT2D eigenvalue weighted by atomic mass is 9.99. The fourth-order valence-electron chi connectivity index (χ4n) is 1.71. The summed E-state index contributed by atoms with van der Waals surface area (Å²) in [5, 5.41) is 2.71. The molecule has 0 bridgehead atoms. The number of rotatable bonds is 4. The van der Waals surface area contributed by atoms with E-state index in [1.54, 1.807) is 13.8 Å². The van der Waals surface area contributed by atoms with Crippen molar-refractivity contribution in [2.24, 2.45) is 5.73 Å². The van der Waals surface area contributed by atoms with E-state index < -0.39 is 23.2 Å². The second kappa shape index (κ2) is 5.40. The Bertz CT molecular complexity index is 486. The molecule has 0 aliphatic heterocycles. The van der Waals surface area contributed by atoms with E-state index in [4.69, 9.17) is 5.73 Å². The normalized spacial score (nSPS) is 12.3. The Morgan fingerprint density at radius 1 is 1.37 bits per heavy atom. The zero-order chi connectivity index (χ0) is 14.8. The number of carbonyl (C=O) groups excluding carboxylic acids is 1. The minimum Gasteiger partial charge on any atom is -0.379 e. The molecule has 0 saturated carbocycles. The van der Waals surface area contributed by atoms with Crippen molar-refractivity contribution in [2.75, 3.05) is 5.32 Å². The number of halogens is 4. The van der Waals surface area contributed by atoms with E-state index in [1.165, 1.54) is 12.1 Å². The molecule has 1 rings (SSSR count). The van der Waals surface area contributed by atoms with Crippen LogP contribution in [0.1, 0.15) is 25.8 Å². The maximum atomic E-state index is 12.9. The molecule has 3 nitrogen and oxygen atoms in total. The van der Waals surface area contributed by atoms with Crippen LogP contribution in [0.15, 0.2) is 22.7 Å². The summed E-state index contributed by atoms with van der Waals surface area (Å²) in [6.45, 7) is 3.22. The van der Waals surface area contributed by atoms with Crippen LogP contribution in [0.5, 0.6) is 0 Å². The quantitative estimate of drug-likeness (QED) is 0.882. The molecule has 0 unspecified atom stereocenters. The molecule has 0 fully saturated rings. The van der Waals surface area contributed by atoms with Crippen molar-refractivity contribution >= 4 is 27.5 Å². The lowest BCUT2D eigenvalue weighted by molar-refractivity contribution is -0.137. The summed E-state index contributed by atoms with van der Waals surface area (Å²) >= 11 is 3.12. The van der Waals surface area contributed by atoms with Crippen molar-refractivity contribution < 1.29 is 18.0 Å². The topological polar surface area (TPSA) is 55.1 Å². The highest BCUT2D eigenvalue weighted by Gasteiger charge is 2.35. The molecule has 3 N–H and O–H groups in total. The standard InChI is InChI=1S/C12H14BrF3N2O/c1-11(2,6-10(17)19)18-9-5-7(13)3-4-8(9)12(14,15)16/h3-5,18H,6H2,1-2H3,(H2,17,19). The highest BCUT2D eigenvalue weighted by molar-refractivity contribution is 9.10. The van der Waals surface area contributed by atoms with Crippen LogP contribution in [0.3, 0.4) is 0 Å². The van der Waals surface area contributed by atoms with E-state index >= 15 is 0 Å². The first-order valence-electron chi connectivity index (χ1n) is 5.44. The Morgan fingerprint density at radius 2 is 1.95 bits per heavy atom. The van der Waals surface area contributed by atoms with Gasteiger partial charge in [0.25, 0.3) is 0 Å². The molecule has 0 heterocycles. The molecule has 1 aromatic carbocycles. The number of nitrogens with two attached hydrogens (primary N) is 1. The second-order valence-corrected chi connectivity index (χ2v) is 5.76. The van der Waals surface area contributed by atoms with Gasteiger partial charge >= 0.3 is 6.18 Å². The minimum absolute atomic E-state index is 0.0726. The zero-order valence-electron chi connectivity index (χ0n) is 10.4. The minimum atomic E-state index is -4.47. The molecular weight excluding hydrogens is 325 g/mol. The van der Waals surface area contributed by atoms with E-state index in [0.29, 0.717) is 4.47 Å². The molecule has 19 heavy (non-hydrogen) atoms. The Balaban J connectivity index is 3.12. The Labute approximate surface area is 117 Å². The van der Waals surface area contributed by atoms with Gasteiger partial charge in [-0.15, -0.1) is 0 Å². The number of carbonyl (C=O) groups is 1. The predicted octanol–water partition coefficient (Wildman–Crippen LogP) is 3.53. The third-order valence-electron chi connectivity index (χ3n) is 2.38. The molecule has 0 aliphatic rings. The van der Waals surface area contributed by atoms with Gasteiger partial charge in [-0.25, -0.2) is 0 Å². The summed E-state index contributed by atoms with van der Waals surface area (Å²) in [5.74, 6) is -0.582. The number of primary amides is 1. The van der Waals surface area contributed by atoms with Crippen molar-refractivity contribution in [1.82, 2.24) is 0 Å². The first-order valence-corrected chi connectivity index (χ1v) is 6.24. The summed E-state index contributed by atoms with van der Waals surface area (Å²) in [6, 6.07) is 3.62. The monoisotopic (exact) mass is 338 g/mol. The van der Waals surface area contributed by atoms with Crippen molar-refractivity contribution in [3.8, 4) is 0 Å². The van der Waals surface area contributed by atoms with Gasteiger partial charge < -0.3 is 11.1 Å². The summed E-state index contributed by atoms with van der Waals surface area (Å²) in [7, 11) is 0. The van der Waals surface area contributed by atoms with Crippen LogP contribution in [0, 0.1) is 0 Å². The number of amides is 1. The van der Waals surface area contributed by atoms with Gasteiger partial charge in [0.05, 0.1) is 5.56 Å². The number of nitrogens with one attached hydrogen (secondary N) is 1. The third-order valence-corrected chi connectivity index (χ3v) is 2.87. The maximum Gasteiger partial charge on any atom is 0.418 e. The van der Waals surface area contributed by atoms with Gasteiger partial charge in [0, 0.05) is 22.1 Å². The Hall–Kier alpha value is -1.24. The fraction of sp³-hybridized carbons (Fsp3) is 0.417. The molecule has 1 aromatic rings. The molecule has 0 radical (unpaired) electrons. The van der Waals surface area contributed by atoms with Crippen LogP contribution in [0.25, 0.3) is 0 Å². The number of anilines is 1. The van der Waals surface area contributed by atoms with Crippen molar-refractivity contribution in [2.45, 2.75) is 32.0 Å². The van der Waals surface area contributed by atoms with Crippen LogP contribution in [0.2, 0.25) is 0 Å². The van der Waals surface area contributed by atoms with Gasteiger partial charge in [-0.05, 0) is 32.0 Å². The average Bonchev–Trinajstić information content (AvgIpc) is 2.11. The molecule has 106 valence electrons. The number of alkyl halides is 3. The van der Waals surface area contributed by atoms with E-state index in [-0.39, 0.29) is 12.1 Å². The summed E-state index contributed by atoms with van der Waals surface area (Å²) in [6.07, 6.45) is -4.54. The Morgan fingerprint density at radius 3 is 2.42 bits per heavy atom. The maximum absolute atomic E-state index is 12.9. The van der Waals surface area contributed by atoms with Gasteiger partial charge in [0.15, 0.2) is 0 Å². The van der Waals surface area contributed by atoms with Crippen molar-refractivity contribution in [3.05, 3.63) is 28.2 Å². The molecule has 0 saturated heterocycles. The fourth-order valence-corrected chi connectivity index (χ4v) is 2.07. The van der Waals surface area contributed by atoms with Crippen LogP contribution in [0.4, 0.5) is 18.9 Å². The summed E-state index contributed by atoms with van der Waals surface area (Å²) in [4.78, 5) is 10.9. The summed E-state index contributed by atoms with van der Waals surface area (Å²) in [5.41, 5.74) is 3.33. The lowest BCUT2D eigenvalue weighted by Gasteiger charge is -2.28. The number of benzene rings is 1. The van der Waals surface area contributed by atoms with E-state index in [9.17, 15) is 18.0 Å². The van der Waals surface area contributed by atoms with Gasteiger partial charge in [-0.3, -0.25) is 4.79 Å². The molecule has 0 aliphatic carbocycles. The second-order valence-electron chi connectivity index (χ2n) is 4.84. The summed E-state index contributed by atoms with van der Waals surface area (Å²) < 4.78 is 39.1. The van der Waals surface area contributed by atoms with Gasteiger partial charge in [-0.2, -0.15) is 13.2 Å². The average molecular weight is 339 g/mol. The molecular formula is C12H14BrF3N2O. The lowest BCUT2D eigenvalue weighted by Crippen LogP contribution is -2.36. The van der Waals surface area contributed by atoms with Gasteiger partial charge in [0.2, 0.25) is 5.91 Å². The number of hydrogen-bond donors (Lipinski definition) is 2. The van der Waals surface area contributed by atoms with Crippen LogP contribution >= 0.6 is 15.9 Å². The Kier molecular flexibility index (Phi) is 4.50. The zero-order valence-corrected chi connectivity index (χ0v) is 12.0. The molecule has 0 spiro atoms. The smallest absolute Gasteiger partial charge is 0.379 e.